The third kappa shape index (κ3) is 4.41. The Hall–Kier alpha value is -3.89. The van der Waals surface area contributed by atoms with Crippen LogP contribution in [0.5, 0.6) is 5.75 Å². The normalized spacial score (nSPS) is 15.7. The number of nitrogens with one attached hydrogen (secondary N) is 2. The second-order valence-corrected chi connectivity index (χ2v) is 7.11. The van der Waals surface area contributed by atoms with E-state index in [4.69, 9.17) is 0 Å². The monoisotopic (exact) mass is 448 g/mol. The maximum atomic E-state index is 13.3. The van der Waals surface area contributed by atoms with Crippen molar-refractivity contribution in [1.82, 2.24) is 9.78 Å². The van der Waals surface area contributed by atoms with Crippen molar-refractivity contribution in [2.45, 2.75) is 25.7 Å². The number of rotatable bonds is 4. The number of alkyl halides is 3. The molecule has 166 valence electrons. The van der Waals surface area contributed by atoms with Crippen molar-refractivity contribution in [3.63, 3.8) is 0 Å². The minimum Gasteiger partial charge on any atom is -0.406 e. The van der Waals surface area contributed by atoms with Crippen molar-refractivity contribution in [2.24, 2.45) is 0 Å². The number of ether oxygens (including phenoxy) is 1. The Balaban J connectivity index is 1.62. The molecule has 0 saturated heterocycles. The van der Waals surface area contributed by atoms with Crippen LogP contribution in [0, 0.1) is 12.7 Å². The van der Waals surface area contributed by atoms with Crippen LogP contribution in [0.15, 0.2) is 48.5 Å². The van der Waals surface area contributed by atoms with Crippen molar-refractivity contribution >= 4 is 23.3 Å². The summed E-state index contributed by atoms with van der Waals surface area (Å²) in [5, 5.41) is 9.61. The van der Waals surface area contributed by atoms with Crippen LogP contribution in [0.25, 0.3) is 11.3 Å². The molecule has 0 saturated carbocycles. The molecule has 2 heterocycles. The topological polar surface area (TPSA) is 85.2 Å². The van der Waals surface area contributed by atoms with E-state index in [1.807, 2.05) is 0 Å². The summed E-state index contributed by atoms with van der Waals surface area (Å²) >= 11 is 0. The molecule has 2 aromatic carbocycles. The highest BCUT2D eigenvalue weighted by Gasteiger charge is 2.34. The van der Waals surface area contributed by atoms with Gasteiger partial charge in [0.15, 0.2) is 0 Å². The molecule has 4 rings (SSSR count). The molecule has 0 radical (unpaired) electrons. The second-order valence-electron chi connectivity index (χ2n) is 7.11. The van der Waals surface area contributed by atoms with Gasteiger partial charge >= 0.3 is 6.36 Å². The fraction of sp³-hybridized carbons (Fsp3) is 0.190. The van der Waals surface area contributed by atoms with Gasteiger partial charge in [-0.1, -0.05) is 6.07 Å². The Morgan fingerprint density at radius 3 is 2.62 bits per heavy atom. The highest BCUT2D eigenvalue weighted by molar-refractivity contribution is 6.02. The van der Waals surface area contributed by atoms with E-state index in [1.165, 1.54) is 41.1 Å². The lowest BCUT2D eigenvalue weighted by atomic mass is 10.1. The minimum atomic E-state index is -4.87. The molecule has 32 heavy (non-hydrogen) atoms. The third-order valence-electron chi connectivity index (χ3n) is 4.83. The van der Waals surface area contributed by atoms with Crippen molar-refractivity contribution in [2.75, 3.05) is 10.6 Å². The van der Waals surface area contributed by atoms with E-state index in [9.17, 15) is 27.2 Å². The lowest BCUT2D eigenvalue weighted by molar-refractivity contribution is -0.274. The van der Waals surface area contributed by atoms with Gasteiger partial charge in [-0.05, 0) is 43.3 Å². The van der Waals surface area contributed by atoms with Crippen molar-refractivity contribution in [1.29, 1.82) is 0 Å². The van der Waals surface area contributed by atoms with Gasteiger partial charge in [0.2, 0.25) is 11.8 Å². The van der Waals surface area contributed by atoms with E-state index < -0.39 is 35.8 Å². The molecule has 1 aliphatic heterocycles. The van der Waals surface area contributed by atoms with Crippen LogP contribution in [0.2, 0.25) is 0 Å². The Labute approximate surface area is 179 Å². The van der Waals surface area contributed by atoms with Crippen molar-refractivity contribution in [3.8, 4) is 17.0 Å². The number of anilines is 2. The zero-order valence-corrected chi connectivity index (χ0v) is 16.5. The first-order chi connectivity index (χ1) is 15.1. The van der Waals surface area contributed by atoms with E-state index in [0.717, 1.165) is 12.1 Å². The molecule has 0 aliphatic carbocycles. The molecule has 1 atom stereocenters. The minimum absolute atomic E-state index is 0.0620. The van der Waals surface area contributed by atoms with Crippen molar-refractivity contribution < 1.29 is 31.9 Å². The molecule has 1 aliphatic rings. The summed E-state index contributed by atoms with van der Waals surface area (Å²) in [5.41, 5.74) is 1.70. The summed E-state index contributed by atoms with van der Waals surface area (Å²) in [5.74, 6) is -1.66. The van der Waals surface area contributed by atoms with E-state index in [-0.39, 0.29) is 12.1 Å². The quantitative estimate of drug-likeness (QED) is 0.579. The Morgan fingerprint density at radius 1 is 1.22 bits per heavy atom. The fourth-order valence-corrected chi connectivity index (χ4v) is 3.42. The van der Waals surface area contributed by atoms with Crippen LogP contribution in [-0.4, -0.2) is 28.0 Å². The molecule has 11 heteroatoms. The summed E-state index contributed by atoms with van der Waals surface area (Å²) in [6.45, 7) is 1.70. The average molecular weight is 448 g/mol. The highest BCUT2D eigenvalue weighted by atomic mass is 19.4. The number of amides is 2. The summed E-state index contributed by atoms with van der Waals surface area (Å²) in [7, 11) is 0. The molecule has 2 amide bonds. The first-order valence-electron chi connectivity index (χ1n) is 9.42. The van der Waals surface area contributed by atoms with Crippen LogP contribution in [-0.2, 0) is 9.59 Å². The molecule has 2 N–H and O–H groups in total. The zero-order valence-electron chi connectivity index (χ0n) is 16.5. The van der Waals surface area contributed by atoms with Gasteiger partial charge in [-0.15, -0.1) is 13.2 Å². The average Bonchev–Trinajstić information content (AvgIpc) is 3.03. The largest absolute Gasteiger partial charge is 0.573 e. The number of hydrogen-bond acceptors (Lipinski definition) is 4. The lowest BCUT2D eigenvalue weighted by Crippen LogP contribution is -2.36. The van der Waals surface area contributed by atoms with E-state index in [2.05, 4.69) is 20.5 Å². The Morgan fingerprint density at radius 2 is 1.94 bits per heavy atom. The van der Waals surface area contributed by atoms with Crippen LogP contribution in [0.1, 0.15) is 18.0 Å². The number of fused-ring (bicyclic) bond motifs is 1. The maximum absolute atomic E-state index is 13.3. The van der Waals surface area contributed by atoms with Crippen LogP contribution in [0.3, 0.4) is 0 Å². The van der Waals surface area contributed by atoms with Gasteiger partial charge in [-0.3, -0.25) is 9.59 Å². The molecule has 7 nitrogen and oxygen atoms in total. The van der Waals surface area contributed by atoms with Crippen molar-refractivity contribution in [3.05, 3.63) is 59.9 Å². The van der Waals surface area contributed by atoms with E-state index in [0.29, 0.717) is 22.6 Å². The smallest absolute Gasteiger partial charge is 0.406 e. The van der Waals surface area contributed by atoms with Gasteiger partial charge in [0.25, 0.3) is 0 Å². The number of carbonyl (C=O) groups excluding carboxylic acids is 2. The zero-order chi connectivity index (χ0) is 23.0. The maximum Gasteiger partial charge on any atom is 0.573 e. The van der Waals surface area contributed by atoms with Gasteiger partial charge in [0.1, 0.15) is 23.4 Å². The molecule has 0 unspecified atom stereocenters. The number of nitrogens with zero attached hydrogens (tertiary/aromatic N) is 2. The van der Waals surface area contributed by atoms with E-state index in [1.54, 1.807) is 6.92 Å². The Bertz CT molecular complexity index is 1190. The standard InChI is InChI=1S/C21H16F4N4O3/c1-11-18(12-5-7-13(22)8-6-12)28-29-16(10-17(30)27-19(11)29)20(31)26-14-3-2-4-15(9-14)32-21(23,24)25/h2-9,16H,10H2,1H3,(H,26,31)(H,27,30)/t16-/m1/s1. The fourth-order valence-electron chi connectivity index (χ4n) is 3.42. The van der Waals surface area contributed by atoms with Crippen LogP contribution >= 0.6 is 0 Å². The molecular formula is C21H16F4N4O3. The predicted molar refractivity (Wildman–Crippen MR) is 106 cm³/mol. The summed E-state index contributed by atoms with van der Waals surface area (Å²) in [6, 6.07) is 9.36. The van der Waals surface area contributed by atoms with Gasteiger partial charge in [-0.25, -0.2) is 9.07 Å². The first kappa shape index (κ1) is 21.3. The molecular weight excluding hydrogens is 432 g/mol. The SMILES string of the molecule is Cc1c(-c2ccc(F)cc2)nn2c1NC(=O)C[C@@H]2C(=O)Nc1cccc(OC(F)(F)F)c1. The van der Waals surface area contributed by atoms with Gasteiger partial charge in [-0.2, -0.15) is 5.10 Å². The van der Waals surface area contributed by atoms with Crippen LogP contribution in [0.4, 0.5) is 29.1 Å². The summed E-state index contributed by atoms with van der Waals surface area (Å²) < 4.78 is 55.8. The van der Waals surface area contributed by atoms with Gasteiger partial charge < -0.3 is 15.4 Å². The number of benzene rings is 2. The van der Waals surface area contributed by atoms with Crippen LogP contribution < -0.4 is 15.4 Å². The lowest BCUT2D eigenvalue weighted by Gasteiger charge is -2.24. The number of aromatic nitrogens is 2. The predicted octanol–water partition coefficient (Wildman–Crippen LogP) is 4.42. The molecule has 3 aromatic rings. The molecule has 0 spiro atoms. The van der Waals surface area contributed by atoms with Gasteiger partial charge in [0, 0.05) is 22.9 Å². The highest BCUT2D eigenvalue weighted by Crippen LogP contribution is 2.35. The molecule has 0 fully saturated rings. The molecule has 0 bridgehead atoms. The van der Waals surface area contributed by atoms with E-state index >= 15 is 0 Å². The third-order valence-corrected chi connectivity index (χ3v) is 4.83. The Kier molecular flexibility index (Phi) is 5.33. The number of hydrogen-bond donors (Lipinski definition) is 2. The number of carbonyl (C=O) groups is 2. The first-order valence-corrected chi connectivity index (χ1v) is 9.42. The second kappa shape index (κ2) is 7.98. The summed E-state index contributed by atoms with van der Waals surface area (Å²) in [4.78, 5) is 25.1. The van der Waals surface area contributed by atoms with Gasteiger partial charge in [0.05, 0.1) is 12.1 Å². The number of halogens is 4. The summed E-state index contributed by atoms with van der Waals surface area (Å²) in [6.07, 6.45) is -5.09. The molecule has 1 aromatic heterocycles.